The van der Waals surface area contributed by atoms with Crippen LogP contribution in [0.25, 0.3) is 0 Å². The topological polar surface area (TPSA) is 35.9 Å². The van der Waals surface area contributed by atoms with Gasteiger partial charge in [0, 0.05) is 6.54 Å². The maximum atomic E-state index is 6.56. The first-order chi connectivity index (χ1) is 3.27. The molecule has 0 aromatic heterocycles. The van der Waals surface area contributed by atoms with Crippen LogP contribution in [0, 0.1) is 11.3 Å². The quantitative estimate of drug-likeness (QED) is 0.400. The van der Waals surface area contributed by atoms with Crippen molar-refractivity contribution in [3.8, 4) is 0 Å². The first-order valence-electron chi connectivity index (χ1n) is 2.49. The van der Waals surface area contributed by atoms with Gasteiger partial charge in [0.15, 0.2) is 0 Å². The molecule has 0 rings (SSSR count). The fourth-order valence-corrected chi connectivity index (χ4v) is 0.295. The van der Waals surface area contributed by atoms with E-state index in [4.69, 9.17) is 5.41 Å². The number of hydrogen-bond donors (Lipinski definition) is 2. The fraction of sp³-hybridized carbons (Fsp3) is 0.800. The molecule has 0 aliphatic rings. The SMILES string of the molecule is CC(C)CNC=N. The van der Waals surface area contributed by atoms with E-state index in [0.29, 0.717) is 5.92 Å². The summed E-state index contributed by atoms with van der Waals surface area (Å²) < 4.78 is 0. The second-order valence-corrected chi connectivity index (χ2v) is 1.95. The van der Waals surface area contributed by atoms with Crippen molar-refractivity contribution >= 4 is 6.34 Å². The van der Waals surface area contributed by atoms with E-state index < -0.39 is 0 Å². The molecule has 0 unspecified atom stereocenters. The van der Waals surface area contributed by atoms with Crippen molar-refractivity contribution in [3.05, 3.63) is 0 Å². The Morgan fingerprint density at radius 3 is 2.43 bits per heavy atom. The second-order valence-electron chi connectivity index (χ2n) is 1.95. The van der Waals surface area contributed by atoms with Crippen LogP contribution >= 0.6 is 0 Å². The van der Waals surface area contributed by atoms with E-state index in [1.54, 1.807) is 0 Å². The molecule has 7 heavy (non-hydrogen) atoms. The summed E-state index contributed by atoms with van der Waals surface area (Å²) in [5.74, 6) is 0.640. The highest BCUT2D eigenvalue weighted by molar-refractivity contribution is 5.49. The minimum atomic E-state index is 0.640. The second kappa shape index (κ2) is 3.65. The van der Waals surface area contributed by atoms with Crippen molar-refractivity contribution in [1.29, 1.82) is 5.41 Å². The van der Waals surface area contributed by atoms with Gasteiger partial charge in [0.1, 0.15) is 0 Å². The molecule has 0 aliphatic carbocycles. The maximum absolute atomic E-state index is 6.56. The van der Waals surface area contributed by atoms with Crippen LogP contribution in [0.2, 0.25) is 0 Å². The van der Waals surface area contributed by atoms with Crippen LogP contribution in [0.15, 0.2) is 0 Å². The smallest absolute Gasteiger partial charge is 0.0791 e. The van der Waals surface area contributed by atoms with Crippen molar-refractivity contribution < 1.29 is 0 Å². The van der Waals surface area contributed by atoms with Crippen molar-refractivity contribution in [2.24, 2.45) is 5.92 Å². The normalized spacial score (nSPS) is 9.00. The van der Waals surface area contributed by atoms with E-state index in [-0.39, 0.29) is 0 Å². The number of hydrogen-bond acceptors (Lipinski definition) is 1. The molecule has 2 N–H and O–H groups in total. The highest BCUT2D eigenvalue weighted by Gasteiger charge is 1.85. The Morgan fingerprint density at radius 1 is 1.71 bits per heavy atom. The molecule has 0 saturated heterocycles. The number of rotatable bonds is 3. The minimum Gasteiger partial charge on any atom is -0.376 e. The van der Waals surface area contributed by atoms with Gasteiger partial charge in [-0.25, -0.2) is 0 Å². The molecule has 0 radical (unpaired) electrons. The van der Waals surface area contributed by atoms with Gasteiger partial charge in [-0.3, -0.25) is 5.41 Å². The molecule has 0 aromatic rings. The average molecular weight is 100 g/mol. The van der Waals surface area contributed by atoms with Crippen LogP contribution in [0.4, 0.5) is 0 Å². The van der Waals surface area contributed by atoms with Crippen LogP contribution in [0.1, 0.15) is 13.8 Å². The molecule has 0 aromatic carbocycles. The molecule has 0 saturated carbocycles. The third-order valence-corrected chi connectivity index (χ3v) is 0.628. The molecular weight excluding hydrogens is 88.1 g/mol. The number of nitrogens with one attached hydrogen (secondary N) is 2. The molecule has 0 heterocycles. The fourth-order valence-electron chi connectivity index (χ4n) is 0.295. The van der Waals surface area contributed by atoms with E-state index in [1.165, 1.54) is 6.34 Å². The molecule has 2 heteroatoms. The van der Waals surface area contributed by atoms with Crippen molar-refractivity contribution in [1.82, 2.24) is 5.32 Å². The highest BCUT2D eigenvalue weighted by Crippen LogP contribution is 1.84. The summed E-state index contributed by atoms with van der Waals surface area (Å²) in [4.78, 5) is 0. The zero-order valence-corrected chi connectivity index (χ0v) is 4.86. The highest BCUT2D eigenvalue weighted by atomic mass is 14.9. The van der Waals surface area contributed by atoms with E-state index in [1.807, 2.05) is 0 Å². The molecule has 0 atom stereocenters. The Balaban J connectivity index is 2.81. The molecule has 0 fully saturated rings. The standard InChI is InChI=1S/C5H12N2/c1-5(2)3-7-4-6/h4-5H,3H2,1-2H3,(H2,6,7). The predicted molar refractivity (Wildman–Crippen MR) is 31.6 cm³/mol. The largest absolute Gasteiger partial charge is 0.376 e. The van der Waals surface area contributed by atoms with E-state index >= 15 is 0 Å². The molecule has 0 bridgehead atoms. The van der Waals surface area contributed by atoms with E-state index in [2.05, 4.69) is 19.2 Å². The van der Waals surface area contributed by atoms with E-state index in [0.717, 1.165) is 6.54 Å². The van der Waals surface area contributed by atoms with Gasteiger partial charge in [0.2, 0.25) is 0 Å². The van der Waals surface area contributed by atoms with Gasteiger partial charge < -0.3 is 5.32 Å². The third-order valence-electron chi connectivity index (χ3n) is 0.628. The third kappa shape index (κ3) is 5.47. The van der Waals surface area contributed by atoms with Crippen LogP contribution < -0.4 is 5.32 Å². The summed E-state index contributed by atoms with van der Waals surface area (Å²) in [6, 6.07) is 0. The van der Waals surface area contributed by atoms with Gasteiger partial charge >= 0.3 is 0 Å². The lowest BCUT2D eigenvalue weighted by molar-refractivity contribution is 0.628. The molecule has 0 aliphatic heterocycles. The summed E-state index contributed by atoms with van der Waals surface area (Å²) in [5, 5.41) is 9.35. The van der Waals surface area contributed by atoms with Crippen LogP contribution in [-0.4, -0.2) is 12.9 Å². The van der Waals surface area contributed by atoms with Gasteiger partial charge in [-0.1, -0.05) is 13.8 Å². The molecule has 42 valence electrons. The zero-order valence-electron chi connectivity index (χ0n) is 4.86. The van der Waals surface area contributed by atoms with Gasteiger partial charge in [-0.15, -0.1) is 0 Å². The first-order valence-corrected chi connectivity index (χ1v) is 2.49. The predicted octanol–water partition coefficient (Wildman–Crippen LogP) is 0.839. The Bertz CT molecular complexity index is 50.0. The Labute approximate surface area is 44.4 Å². The molecular formula is C5H12N2. The van der Waals surface area contributed by atoms with Gasteiger partial charge in [-0.05, 0) is 5.92 Å². The summed E-state index contributed by atoms with van der Waals surface area (Å²) in [6.07, 6.45) is 1.22. The van der Waals surface area contributed by atoms with Gasteiger partial charge in [0.25, 0.3) is 0 Å². The lowest BCUT2D eigenvalue weighted by Crippen LogP contribution is -2.16. The Kier molecular flexibility index (Phi) is 3.38. The summed E-state index contributed by atoms with van der Waals surface area (Å²) in [6.45, 7) is 5.12. The lowest BCUT2D eigenvalue weighted by Gasteiger charge is -2.00. The summed E-state index contributed by atoms with van der Waals surface area (Å²) in [5.41, 5.74) is 0. The molecule has 0 spiro atoms. The average Bonchev–Trinajstić information content (AvgIpc) is 1.61. The monoisotopic (exact) mass is 100 g/mol. The lowest BCUT2D eigenvalue weighted by atomic mass is 10.2. The maximum Gasteiger partial charge on any atom is 0.0791 e. The van der Waals surface area contributed by atoms with Gasteiger partial charge in [0.05, 0.1) is 6.34 Å². The van der Waals surface area contributed by atoms with Crippen molar-refractivity contribution in [2.75, 3.05) is 6.54 Å². The Morgan fingerprint density at radius 2 is 2.29 bits per heavy atom. The van der Waals surface area contributed by atoms with Crippen molar-refractivity contribution in [2.45, 2.75) is 13.8 Å². The Hall–Kier alpha value is -0.530. The van der Waals surface area contributed by atoms with Crippen molar-refractivity contribution in [3.63, 3.8) is 0 Å². The first kappa shape index (κ1) is 6.47. The zero-order chi connectivity index (χ0) is 5.70. The van der Waals surface area contributed by atoms with Crippen LogP contribution in [0.5, 0.6) is 0 Å². The van der Waals surface area contributed by atoms with E-state index in [9.17, 15) is 0 Å². The van der Waals surface area contributed by atoms with Crippen LogP contribution in [0.3, 0.4) is 0 Å². The van der Waals surface area contributed by atoms with Gasteiger partial charge in [-0.2, -0.15) is 0 Å². The summed E-state index contributed by atoms with van der Waals surface area (Å²) >= 11 is 0. The summed E-state index contributed by atoms with van der Waals surface area (Å²) in [7, 11) is 0. The molecule has 2 nitrogen and oxygen atoms in total. The minimum absolute atomic E-state index is 0.640. The molecule has 0 amide bonds. The van der Waals surface area contributed by atoms with Crippen LogP contribution in [-0.2, 0) is 0 Å².